The molecule has 13 N–H and O–H groups in total. The van der Waals surface area contributed by atoms with Crippen LogP contribution in [0.5, 0.6) is 5.75 Å². The second-order valence-corrected chi connectivity index (χ2v) is 9.75. The molecule has 1 aromatic carbocycles. The first-order valence-corrected chi connectivity index (χ1v) is 12.7. The summed E-state index contributed by atoms with van der Waals surface area (Å²) in [5.41, 5.74) is 22.0. The lowest BCUT2D eigenvalue weighted by Crippen LogP contribution is -2.57. The zero-order valence-corrected chi connectivity index (χ0v) is 22.6. The monoisotopic (exact) mass is 564 g/mol. The fraction of sp³-hybridized carbons (Fsp3) is 0.520. The Labute approximate surface area is 232 Å². The molecule has 222 valence electrons. The molecule has 0 radical (unpaired) electrons. The molecule has 4 atom stereocenters. The third-order valence-corrected chi connectivity index (χ3v) is 5.67. The molecular weight excluding hydrogens is 524 g/mol. The van der Waals surface area contributed by atoms with Crippen LogP contribution in [0.15, 0.2) is 29.3 Å². The summed E-state index contributed by atoms with van der Waals surface area (Å²) in [6.07, 6.45) is -0.00356. The number of guanidine groups is 1. The number of rotatable bonds is 17. The largest absolute Gasteiger partial charge is 0.508 e. The molecule has 0 saturated heterocycles. The number of aromatic hydroxyl groups is 1. The van der Waals surface area contributed by atoms with Crippen LogP contribution < -0.4 is 38.9 Å². The maximum atomic E-state index is 13.2. The van der Waals surface area contributed by atoms with Gasteiger partial charge in [-0.05, 0) is 42.9 Å². The van der Waals surface area contributed by atoms with Crippen molar-refractivity contribution in [3.05, 3.63) is 29.8 Å². The summed E-state index contributed by atoms with van der Waals surface area (Å²) in [5.74, 6) is -4.56. The van der Waals surface area contributed by atoms with Crippen LogP contribution in [-0.4, -0.2) is 76.5 Å². The van der Waals surface area contributed by atoms with Crippen molar-refractivity contribution >= 4 is 35.6 Å². The average Bonchev–Trinajstić information content (AvgIpc) is 2.85. The first-order valence-electron chi connectivity index (χ1n) is 12.7. The highest BCUT2D eigenvalue weighted by atomic mass is 16.4. The van der Waals surface area contributed by atoms with Crippen molar-refractivity contribution in [1.82, 2.24) is 16.0 Å². The number of aliphatic carboxylic acids is 1. The molecule has 0 aliphatic rings. The fourth-order valence-electron chi connectivity index (χ4n) is 3.68. The lowest BCUT2D eigenvalue weighted by Gasteiger charge is -2.26. The SMILES string of the molecule is CC(C)CC(NC(=O)C(CCCN=C(N)N)NC(=O)C(N)CC(N)=O)C(=O)NC(Cc1ccc(O)cc1)C(=O)O. The van der Waals surface area contributed by atoms with Gasteiger partial charge in [-0.25, -0.2) is 4.79 Å². The third-order valence-electron chi connectivity index (χ3n) is 5.67. The van der Waals surface area contributed by atoms with Gasteiger partial charge in [0.05, 0.1) is 12.5 Å². The number of aliphatic imine (C=N–C) groups is 1. The molecule has 40 heavy (non-hydrogen) atoms. The molecule has 0 aliphatic carbocycles. The van der Waals surface area contributed by atoms with E-state index in [2.05, 4.69) is 20.9 Å². The molecule has 0 bridgehead atoms. The van der Waals surface area contributed by atoms with Crippen molar-refractivity contribution in [2.24, 2.45) is 33.8 Å². The second kappa shape index (κ2) is 16.5. The number of nitrogens with two attached hydrogens (primary N) is 4. The van der Waals surface area contributed by atoms with E-state index in [4.69, 9.17) is 22.9 Å². The van der Waals surface area contributed by atoms with Crippen LogP contribution in [0.3, 0.4) is 0 Å². The molecule has 1 aromatic rings. The zero-order chi connectivity index (χ0) is 30.4. The van der Waals surface area contributed by atoms with Gasteiger partial charge in [0.15, 0.2) is 5.96 Å². The zero-order valence-electron chi connectivity index (χ0n) is 22.6. The van der Waals surface area contributed by atoms with Crippen molar-refractivity contribution in [1.29, 1.82) is 0 Å². The van der Waals surface area contributed by atoms with E-state index >= 15 is 0 Å². The number of hydrogen-bond donors (Lipinski definition) is 9. The number of carboxylic acids is 1. The third kappa shape index (κ3) is 12.9. The average molecular weight is 565 g/mol. The van der Waals surface area contributed by atoms with Crippen LogP contribution in [0.2, 0.25) is 0 Å². The number of nitrogens with zero attached hydrogens (tertiary/aromatic N) is 1. The van der Waals surface area contributed by atoms with Gasteiger partial charge in [0.2, 0.25) is 23.6 Å². The maximum Gasteiger partial charge on any atom is 0.326 e. The van der Waals surface area contributed by atoms with Gasteiger partial charge in [-0.3, -0.25) is 24.2 Å². The predicted octanol–water partition coefficient (Wildman–Crippen LogP) is -2.22. The number of nitrogens with one attached hydrogen (secondary N) is 3. The van der Waals surface area contributed by atoms with E-state index in [9.17, 15) is 34.2 Å². The quantitative estimate of drug-likeness (QED) is 0.0558. The Morgan fingerprint density at radius 3 is 1.95 bits per heavy atom. The molecule has 0 aromatic heterocycles. The molecule has 4 unspecified atom stereocenters. The minimum absolute atomic E-state index is 0.00916. The van der Waals surface area contributed by atoms with E-state index in [-0.39, 0.29) is 49.9 Å². The van der Waals surface area contributed by atoms with Gasteiger partial charge in [-0.1, -0.05) is 26.0 Å². The maximum absolute atomic E-state index is 13.2. The molecule has 0 fully saturated rings. The number of phenolic OH excluding ortho intramolecular Hbond substituents is 1. The fourth-order valence-corrected chi connectivity index (χ4v) is 3.68. The van der Waals surface area contributed by atoms with Crippen molar-refractivity contribution in [2.75, 3.05) is 6.54 Å². The molecule has 15 heteroatoms. The van der Waals surface area contributed by atoms with Crippen LogP contribution in [0.1, 0.15) is 45.1 Å². The molecule has 0 aliphatic heterocycles. The van der Waals surface area contributed by atoms with Gasteiger partial charge in [-0.2, -0.15) is 0 Å². The summed E-state index contributed by atoms with van der Waals surface area (Å²) >= 11 is 0. The Morgan fingerprint density at radius 2 is 1.43 bits per heavy atom. The highest BCUT2D eigenvalue weighted by molar-refractivity contribution is 5.95. The Bertz CT molecular complexity index is 1060. The summed E-state index contributed by atoms with van der Waals surface area (Å²) in [7, 11) is 0. The van der Waals surface area contributed by atoms with Gasteiger partial charge in [0.1, 0.15) is 23.9 Å². The van der Waals surface area contributed by atoms with Crippen molar-refractivity contribution in [2.45, 2.75) is 70.1 Å². The van der Waals surface area contributed by atoms with Gasteiger partial charge < -0.3 is 49.1 Å². The predicted molar refractivity (Wildman–Crippen MR) is 146 cm³/mol. The smallest absolute Gasteiger partial charge is 0.326 e. The van der Waals surface area contributed by atoms with E-state index in [1.54, 1.807) is 0 Å². The van der Waals surface area contributed by atoms with Gasteiger partial charge in [0.25, 0.3) is 0 Å². The van der Waals surface area contributed by atoms with Crippen molar-refractivity contribution in [3.8, 4) is 5.75 Å². The number of carboxylic acid groups (broad SMARTS) is 1. The topological polar surface area (TPSA) is 278 Å². The van der Waals surface area contributed by atoms with Crippen LogP contribution in [0, 0.1) is 5.92 Å². The standard InChI is InChI=1S/C25H40N8O7/c1-13(2)10-18(23(38)33-19(24(39)40)11-14-5-7-15(34)8-6-14)32-22(37)17(4-3-9-30-25(28)29)31-21(36)16(26)12-20(27)35/h5-8,13,16-19,34H,3-4,9-12,26H2,1-2H3,(H2,27,35)(H,31,36)(H,32,37)(H,33,38)(H,39,40)(H4,28,29,30). The number of phenols is 1. The number of carbonyl (C=O) groups excluding carboxylic acids is 4. The lowest BCUT2D eigenvalue weighted by atomic mass is 10.0. The Balaban J connectivity index is 3.06. The van der Waals surface area contributed by atoms with Crippen LogP contribution in [0.4, 0.5) is 0 Å². The van der Waals surface area contributed by atoms with E-state index in [1.165, 1.54) is 24.3 Å². The Morgan fingerprint density at radius 1 is 0.875 bits per heavy atom. The Kier molecular flexibility index (Phi) is 13.9. The molecular formula is C25H40N8O7. The number of hydrogen-bond acceptors (Lipinski definition) is 8. The number of benzene rings is 1. The molecule has 0 saturated carbocycles. The lowest BCUT2D eigenvalue weighted by molar-refractivity contribution is -0.142. The minimum atomic E-state index is -1.31. The highest BCUT2D eigenvalue weighted by Crippen LogP contribution is 2.13. The summed E-state index contributed by atoms with van der Waals surface area (Å²) in [4.78, 5) is 65.7. The molecule has 0 heterocycles. The molecule has 15 nitrogen and oxygen atoms in total. The van der Waals surface area contributed by atoms with E-state index in [0.717, 1.165) is 0 Å². The van der Waals surface area contributed by atoms with E-state index < -0.39 is 60.2 Å². The van der Waals surface area contributed by atoms with Gasteiger partial charge in [-0.15, -0.1) is 0 Å². The summed E-state index contributed by atoms with van der Waals surface area (Å²) in [6.45, 7) is 3.78. The first-order chi connectivity index (χ1) is 18.7. The number of amides is 4. The van der Waals surface area contributed by atoms with Crippen molar-refractivity contribution in [3.63, 3.8) is 0 Å². The van der Waals surface area contributed by atoms with Crippen LogP contribution in [0.25, 0.3) is 0 Å². The first kappa shape index (κ1) is 33.6. The van der Waals surface area contributed by atoms with E-state index in [0.29, 0.717) is 5.56 Å². The second-order valence-electron chi connectivity index (χ2n) is 9.75. The van der Waals surface area contributed by atoms with Crippen LogP contribution in [-0.2, 0) is 30.4 Å². The van der Waals surface area contributed by atoms with Crippen molar-refractivity contribution < 1.29 is 34.2 Å². The highest BCUT2D eigenvalue weighted by Gasteiger charge is 2.31. The molecule has 1 rings (SSSR count). The minimum Gasteiger partial charge on any atom is -0.508 e. The normalized spacial score (nSPS) is 13.8. The summed E-state index contributed by atoms with van der Waals surface area (Å²) in [6, 6.07) is 0.943. The van der Waals surface area contributed by atoms with Gasteiger partial charge in [0, 0.05) is 13.0 Å². The number of carbonyl (C=O) groups is 5. The molecule has 0 spiro atoms. The Hall–Kier alpha value is -4.40. The summed E-state index contributed by atoms with van der Waals surface area (Å²) in [5, 5.41) is 26.6. The summed E-state index contributed by atoms with van der Waals surface area (Å²) < 4.78 is 0. The van der Waals surface area contributed by atoms with Crippen LogP contribution >= 0.6 is 0 Å². The van der Waals surface area contributed by atoms with Gasteiger partial charge >= 0.3 is 5.97 Å². The molecule has 4 amide bonds. The number of primary amides is 1. The van der Waals surface area contributed by atoms with E-state index in [1.807, 2.05) is 13.8 Å².